The second kappa shape index (κ2) is 6.29. The Morgan fingerprint density at radius 3 is 2.84 bits per heavy atom. The second-order valence-corrected chi connectivity index (χ2v) is 8.83. The van der Waals surface area contributed by atoms with E-state index in [1.54, 1.807) is 6.20 Å². The van der Waals surface area contributed by atoms with E-state index in [9.17, 15) is 9.59 Å². The molecule has 32 heavy (non-hydrogen) atoms. The van der Waals surface area contributed by atoms with Gasteiger partial charge in [-0.1, -0.05) is 0 Å². The first-order valence-corrected chi connectivity index (χ1v) is 11.0. The Hall–Kier alpha value is -3.46. The lowest BCUT2D eigenvalue weighted by atomic mass is 9.97. The third kappa shape index (κ3) is 2.31. The zero-order valence-electron chi connectivity index (χ0n) is 17.6. The third-order valence-electron chi connectivity index (χ3n) is 7.04. The maximum atomic E-state index is 13.2. The average Bonchev–Trinajstić information content (AvgIpc) is 3.48. The fraction of sp³-hybridized carbons (Fsp3) is 0.391. The molecule has 1 fully saturated rings. The Bertz CT molecular complexity index is 1490. The number of rotatable bonds is 1. The first-order chi connectivity index (χ1) is 15.6. The van der Waals surface area contributed by atoms with Crippen LogP contribution in [0.1, 0.15) is 63.9 Å². The number of aromatic amines is 1. The minimum Gasteiger partial charge on any atom is -0.446 e. The number of benzene rings is 1. The van der Waals surface area contributed by atoms with E-state index < -0.39 is 0 Å². The van der Waals surface area contributed by atoms with E-state index in [1.165, 1.54) is 0 Å². The number of hydrogen-bond donors (Lipinski definition) is 1. The number of carbonyl (C=O) groups excluding carboxylic acids is 1. The van der Waals surface area contributed by atoms with Gasteiger partial charge in [-0.25, -0.2) is 9.97 Å². The van der Waals surface area contributed by atoms with E-state index in [-0.39, 0.29) is 23.4 Å². The van der Waals surface area contributed by atoms with E-state index in [1.807, 2.05) is 28.4 Å². The molecule has 1 aromatic carbocycles. The van der Waals surface area contributed by atoms with E-state index in [0.29, 0.717) is 48.7 Å². The van der Waals surface area contributed by atoms with Crippen molar-refractivity contribution in [2.45, 2.75) is 38.1 Å². The van der Waals surface area contributed by atoms with Gasteiger partial charge >= 0.3 is 0 Å². The predicted octanol–water partition coefficient (Wildman–Crippen LogP) is 2.47. The van der Waals surface area contributed by atoms with Crippen molar-refractivity contribution in [3.63, 3.8) is 0 Å². The lowest BCUT2D eigenvalue weighted by molar-refractivity contribution is 0.0732. The molecule has 7 rings (SSSR count). The molecule has 0 radical (unpaired) electrons. The average molecular weight is 431 g/mol. The highest BCUT2D eigenvalue weighted by atomic mass is 16.5. The van der Waals surface area contributed by atoms with E-state index in [2.05, 4.69) is 15.0 Å². The Labute approximate surface area is 182 Å². The van der Waals surface area contributed by atoms with Gasteiger partial charge in [0.2, 0.25) is 0 Å². The molecule has 0 aliphatic carbocycles. The van der Waals surface area contributed by atoms with Crippen molar-refractivity contribution < 1.29 is 13.9 Å². The van der Waals surface area contributed by atoms with E-state index in [4.69, 9.17) is 9.15 Å². The van der Waals surface area contributed by atoms with Crippen LogP contribution in [0.25, 0.3) is 16.6 Å². The molecule has 1 N–H and O–H groups in total. The van der Waals surface area contributed by atoms with Gasteiger partial charge in [0.25, 0.3) is 11.5 Å². The zero-order valence-corrected chi connectivity index (χ0v) is 17.6. The van der Waals surface area contributed by atoms with Crippen molar-refractivity contribution >= 4 is 22.5 Å². The van der Waals surface area contributed by atoms with Gasteiger partial charge in [0.1, 0.15) is 28.8 Å². The summed E-state index contributed by atoms with van der Waals surface area (Å²) in [5.74, 6) is 2.53. The largest absolute Gasteiger partial charge is 0.446 e. The van der Waals surface area contributed by atoms with Crippen molar-refractivity contribution in [3.8, 4) is 0 Å². The van der Waals surface area contributed by atoms with Crippen LogP contribution >= 0.6 is 0 Å². The number of carbonyl (C=O) groups is 1. The molecular formula is C23H21N5O4. The van der Waals surface area contributed by atoms with Crippen LogP contribution in [0, 0.1) is 6.92 Å². The third-order valence-corrected chi connectivity index (χ3v) is 7.04. The summed E-state index contributed by atoms with van der Waals surface area (Å²) in [6.07, 6.45) is 4.04. The predicted molar refractivity (Wildman–Crippen MR) is 114 cm³/mol. The van der Waals surface area contributed by atoms with Gasteiger partial charge in [0.15, 0.2) is 5.89 Å². The van der Waals surface area contributed by atoms with E-state index >= 15 is 0 Å². The molecule has 0 spiro atoms. The Kier molecular flexibility index (Phi) is 3.57. The highest BCUT2D eigenvalue weighted by Gasteiger charge is 2.43. The first kappa shape index (κ1) is 18.1. The normalized spacial score (nSPS) is 20.7. The van der Waals surface area contributed by atoms with Gasteiger partial charge in [-0.2, -0.15) is 0 Å². The standard InChI is InChI=1S/C23H21N5O4/c1-11-25-19-18(32-11)2-5-27-20(19)13-9-16-15(8-14(13)23(27)30)26-22(29)17-10-24-21(28(16)17)12-3-6-31-7-4-12/h8-10,12,20H,2-7H2,1H3,(H,26,29). The summed E-state index contributed by atoms with van der Waals surface area (Å²) in [5, 5.41) is 0. The highest BCUT2D eigenvalue weighted by molar-refractivity contribution is 6.03. The maximum Gasteiger partial charge on any atom is 0.274 e. The molecule has 0 saturated carbocycles. The minimum atomic E-state index is -0.264. The smallest absolute Gasteiger partial charge is 0.274 e. The molecule has 162 valence electrons. The van der Waals surface area contributed by atoms with Gasteiger partial charge in [-0.3, -0.25) is 14.0 Å². The van der Waals surface area contributed by atoms with Crippen LogP contribution in [0.15, 0.2) is 27.5 Å². The molecule has 1 saturated heterocycles. The number of fused-ring (bicyclic) bond motifs is 8. The van der Waals surface area contributed by atoms with Gasteiger partial charge in [0, 0.05) is 44.6 Å². The fourth-order valence-electron chi connectivity index (χ4n) is 5.58. The molecular weight excluding hydrogens is 410 g/mol. The van der Waals surface area contributed by atoms with E-state index in [0.717, 1.165) is 41.2 Å². The molecule has 9 nitrogen and oxygen atoms in total. The van der Waals surface area contributed by atoms with Crippen LogP contribution in [0.2, 0.25) is 0 Å². The summed E-state index contributed by atoms with van der Waals surface area (Å²) in [5.41, 5.74) is 4.12. The summed E-state index contributed by atoms with van der Waals surface area (Å²) in [6, 6.07) is 3.58. The van der Waals surface area contributed by atoms with Gasteiger partial charge in [0.05, 0.1) is 17.2 Å². The van der Waals surface area contributed by atoms with Gasteiger partial charge in [-0.05, 0) is 30.5 Å². The summed E-state index contributed by atoms with van der Waals surface area (Å²) in [6.45, 7) is 3.80. The molecule has 6 heterocycles. The topological polar surface area (TPSA) is 106 Å². The first-order valence-electron chi connectivity index (χ1n) is 11.0. The quantitative estimate of drug-likeness (QED) is 0.496. The van der Waals surface area contributed by atoms with Gasteiger partial charge in [-0.15, -0.1) is 0 Å². The maximum absolute atomic E-state index is 13.2. The van der Waals surface area contributed by atoms with Crippen molar-refractivity contribution in [2.75, 3.05) is 19.8 Å². The minimum absolute atomic E-state index is 0.0329. The molecule has 1 unspecified atom stereocenters. The Morgan fingerprint density at radius 2 is 2.00 bits per heavy atom. The van der Waals surface area contributed by atoms with Crippen molar-refractivity contribution in [3.05, 3.63) is 63.0 Å². The van der Waals surface area contributed by atoms with Crippen LogP contribution < -0.4 is 5.56 Å². The fourth-order valence-corrected chi connectivity index (χ4v) is 5.58. The Morgan fingerprint density at radius 1 is 1.16 bits per heavy atom. The van der Waals surface area contributed by atoms with Crippen LogP contribution in [-0.2, 0) is 11.2 Å². The summed E-state index contributed by atoms with van der Waals surface area (Å²) in [4.78, 5) is 40.1. The molecule has 3 aliphatic rings. The van der Waals surface area contributed by atoms with Crippen LogP contribution in [-0.4, -0.2) is 49.9 Å². The van der Waals surface area contributed by atoms with Gasteiger partial charge < -0.3 is 19.0 Å². The molecule has 0 bridgehead atoms. The monoisotopic (exact) mass is 431 g/mol. The summed E-state index contributed by atoms with van der Waals surface area (Å²) >= 11 is 0. The number of aryl methyl sites for hydroxylation is 1. The number of hydrogen-bond acceptors (Lipinski definition) is 6. The number of nitrogens with one attached hydrogen (secondary N) is 1. The number of amides is 1. The number of H-pyrrole nitrogens is 1. The molecule has 1 amide bonds. The number of oxazole rings is 1. The number of nitrogens with zero attached hydrogens (tertiary/aromatic N) is 4. The molecule has 1 atom stereocenters. The lowest BCUT2D eigenvalue weighted by Gasteiger charge is -2.28. The van der Waals surface area contributed by atoms with Crippen LogP contribution in [0.3, 0.4) is 0 Å². The van der Waals surface area contributed by atoms with Crippen LogP contribution in [0.4, 0.5) is 0 Å². The summed E-state index contributed by atoms with van der Waals surface area (Å²) < 4.78 is 13.3. The molecule has 3 aliphatic heterocycles. The lowest BCUT2D eigenvalue weighted by Crippen LogP contribution is -2.34. The van der Waals surface area contributed by atoms with Crippen molar-refractivity contribution in [1.29, 1.82) is 0 Å². The summed E-state index contributed by atoms with van der Waals surface area (Å²) in [7, 11) is 0. The highest BCUT2D eigenvalue weighted by Crippen LogP contribution is 2.43. The number of imidazole rings is 1. The van der Waals surface area contributed by atoms with Crippen molar-refractivity contribution in [2.24, 2.45) is 0 Å². The molecule has 4 aromatic rings. The molecule has 9 heteroatoms. The molecule has 3 aromatic heterocycles. The SMILES string of the molecule is Cc1nc2c(o1)CCN1C(=O)c3cc4[nH]c(=O)c5cnc(C6CCOCC6)n5c4cc3C21. The zero-order chi connectivity index (χ0) is 21.6. The number of ether oxygens (including phenoxy) is 1. The van der Waals surface area contributed by atoms with Crippen LogP contribution in [0.5, 0.6) is 0 Å². The number of aromatic nitrogens is 4. The Balaban J connectivity index is 1.51. The second-order valence-electron chi connectivity index (χ2n) is 8.83. The van der Waals surface area contributed by atoms with Crippen molar-refractivity contribution in [1.82, 2.24) is 24.3 Å².